The molecule has 0 bridgehead atoms. The molecule has 2 fully saturated rings. The monoisotopic (exact) mass is 451 g/mol. The van der Waals surface area contributed by atoms with Gasteiger partial charge in [-0.1, -0.05) is 0 Å². The number of rotatable bonds is 4. The van der Waals surface area contributed by atoms with E-state index in [1.807, 2.05) is 30.2 Å². The maximum atomic E-state index is 5.53. The van der Waals surface area contributed by atoms with Crippen molar-refractivity contribution in [1.82, 2.24) is 24.5 Å². The summed E-state index contributed by atoms with van der Waals surface area (Å²) in [7, 11) is 2.12. The largest absolute Gasteiger partial charge is 0.381 e. The molecule has 0 radical (unpaired) electrons. The fourth-order valence-electron chi connectivity index (χ4n) is 5.10. The summed E-state index contributed by atoms with van der Waals surface area (Å²) in [6.07, 6.45) is 8.92. The highest BCUT2D eigenvalue weighted by Gasteiger charge is 2.29. The average molecular weight is 452 g/mol. The van der Waals surface area contributed by atoms with E-state index in [-0.39, 0.29) is 0 Å². The van der Waals surface area contributed by atoms with E-state index >= 15 is 0 Å². The van der Waals surface area contributed by atoms with Crippen LogP contribution in [0.3, 0.4) is 0 Å². The van der Waals surface area contributed by atoms with Crippen LogP contribution in [-0.4, -0.2) is 62.6 Å². The van der Waals surface area contributed by atoms with Crippen LogP contribution >= 0.6 is 11.8 Å². The number of ether oxygens (including phenoxy) is 1. The molecule has 6 heterocycles. The van der Waals surface area contributed by atoms with Crippen molar-refractivity contribution in [3.05, 3.63) is 30.0 Å². The summed E-state index contributed by atoms with van der Waals surface area (Å²) < 4.78 is 7.76. The topological polar surface area (TPSA) is 81.0 Å². The highest BCUT2D eigenvalue weighted by molar-refractivity contribution is 7.99. The highest BCUT2D eigenvalue weighted by Crippen LogP contribution is 2.38. The molecule has 0 atom stereocenters. The van der Waals surface area contributed by atoms with E-state index in [1.54, 1.807) is 0 Å². The normalized spacial score (nSPS) is 20.1. The Kier molecular flexibility index (Phi) is 5.38. The zero-order valence-electron chi connectivity index (χ0n) is 18.5. The lowest BCUT2D eigenvalue weighted by Crippen LogP contribution is -2.35. The molecule has 3 aliphatic heterocycles. The van der Waals surface area contributed by atoms with Gasteiger partial charge < -0.3 is 19.5 Å². The lowest BCUT2D eigenvalue weighted by Gasteiger charge is -2.32. The molecular weight excluding hydrogens is 422 g/mol. The van der Waals surface area contributed by atoms with Crippen LogP contribution in [0.25, 0.3) is 11.0 Å². The van der Waals surface area contributed by atoms with E-state index in [0.717, 1.165) is 87.0 Å². The van der Waals surface area contributed by atoms with E-state index in [2.05, 4.69) is 26.8 Å². The van der Waals surface area contributed by atoms with E-state index < -0.39 is 0 Å². The molecule has 32 heavy (non-hydrogen) atoms. The summed E-state index contributed by atoms with van der Waals surface area (Å²) in [6, 6.07) is 2.49. The van der Waals surface area contributed by atoms with Crippen LogP contribution in [-0.2, 0) is 18.2 Å². The predicted molar refractivity (Wildman–Crippen MR) is 127 cm³/mol. The molecule has 0 amide bonds. The number of aryl methyl sites for hydroxylation is 2. The van der Waals surface area contributed by atoms with Crippen LogP contribution in [0.15, 0.2) is 23.4 Å². The van der Waals surface area contributed by atoms with Crippen molar-refractivity contribution >= 4 is 34.6 Å². The minimum atomic E-state index is 0.439. The van der Waals surface area contributed by atoms with Crippen LogP contribution < -0.4 is 10.2 Å². The number of imidazole rings is 1. The zero-order chi connectivity index (χ0) is 21.5. The molecule has 0 aromatic carbocycles. The molecule has 9 heteroatoms. The number of hydrogen-bond donors (Lipinski definition) is 1. The Labute approximate surface area is 192 Å². The lowest BCUT2D eigenvalue weighted by molar-refractivity contribution is 0.0903. The number of hydrogen-bond acceptors (Lipinski definition) is 8. The van der Waals surface area contributed by atoms with Crippen molar-refractivity contribution in [3.63, 3.8) is 0 Å². The molecule has 0 spiro atoms. The third-order valence-electron chi connectivity index (χ3n) is 6.93. The maximum Gasteiger partial charge on any atom is 0.227 e. The Hall–Kier alpha value is -2.39. The summed E-state index contributed by atoms with van der Waals surface area (Å²) in [6.45, 7) is 3.57. The molecule has 0 aliphatic carbocycles. The van der Waals surface area contributed by atoms with Crippen LogP contribution in [0, 0.1) is 0 Å². The first-order valence-corrected chi connectivity index (χ1v) is 12.6. The lowest BCUT2D eigenvalue weighted by atomic mass is 9.96. The third-order valence-corrected chi connectivity index (χ3v) is 8.06. The number of anilines is 2. The van der Waals surface area contributed by atoms with E-state index in [4.69, 9.17) is 19.7 Å². The smallest absolute Gasteiger partial charge is 0.227 e. The zero-order valence-corrected chi connectivity index (χ0v) is 19.3. The fourth-order valence-corrected chi connectivity index (χ4v) is 6.16. The summed E-state index contributed by atoms with van der Waals surface area (Å²) in [5, 5.41) is 3.72. The van der Waals surface area contributed by atoms with Gasteiger partial charge in [-0.3, -0.25) is 4.98 Å². The number of thioether (sulfide) groups is 1. The molecule has 2 saturated heterocycles. The average Bonchev–Trinajstić information content (AvgIpc) is 3.45. The van der Waals surface area contributed by atoms with Gasteiger partial charge in [-0.15, -0.1) is 11.8 Å². The van der Waals surface area contributed by atoms with Gasteiger partial charge in [0.25, 0.3) is 0 Å². The fraction of sp³-hybridized carbons (Fsp3) is 0.565. The quantitative estimate of drug-likeness (QED) is 0.647. The third kappa shape index (κ3) is 3.71. The van der Waals surface area contributed by atoms with E-state index in [0.29, 0.717) is 12.0 Å². The molecule has 0 unspecified atom stereocenters. The van der Waals surface area contributed by atoms with Crippen molar-refractivity contribution in [3.8, 4) is 0 Å². The van der Waals surface area contributed by atoms with Gasteiger partial charge in [-0.2, -0.15) is 4.98 Å². The van der Waals surface area contributed by atoms with Gasteiger partial charge in [0.2, 0.25) is 5.95 Å². The van der Waals surface area contributed by atoms with Gasteiger partial charge in [-0.05, 0) is 31.7 Å². The number of fused-ring (bicyclic) bond motifs is 2. The molecule has 1 N–H and O–H groups in total. The molecular formula is C23H29N7OS. The van der Waals surface area contributed by atoms with Crippen LogP contribution in [0.1, 0.15) is 43.1 Å². The minimum Gasteiger partial charge on any atom is -0.381 e. The first kappa shape index (κ1) is 20.2. The number of nitrogens with one attached hydrogen (secondary N) is 1. The summed E-state index contributed by atoms with van der Waals surface area (Å²) in [5.74, 6) is 4.63. The van der Waals surface area contributed by atoms with Crippen molar-refractivity contribution in [2.24, 2.45) is 7.05 Å². The second-order valence-electron chi connectivity index (χ2n) is 8.93. The molecule has 3 aliphatic rings. The maximum absolute atomic E-state index is 5.53. The molecule has 3 aromatic rings. The van der Waals surface area contributed by atoms with Crippen molar-refractivity contribution in [2.45, 2.75) is 49.0 Å². The number of piperidine rings is 1. The van der Waals surface area contributed by atoms with Gasteiger partial charge in [0.15, 0.2) is 0 Å². The van der Waals surface area contributed by atoms with Gasteiger partial charge in [0.05, 0.1) is 22.3 Å². The SMILES string of the molecule is Cn1c(C2CCN(c3nc4c(c(NC5CCOCC5)n3)SCC4)CC2)nc2cnccc21. The van der Waals surface area contributed by atoms with E-state index in [9.17, 15) is 0 Å². The van der Waals surface area contributed by atoms with Crippen molar-refractivity contribution in [2.75, 3.05) is 42.3 Å². The van der Waals surface area contributed by atoms with E-state index in [1.165, 1.54) is 16.4 Å². The first-order chi connectivity index (χ1) is 15.8. The summed E-state index contributed by atoms with van der Waals surface area (Å²) >= 11 is 1.89. The van der Waals surface area contributed by atoms with Crippen LogP contribution in [0.2, 0.25) is 0 Å². The second-order valence-corrected chi connectivity index (χ2v) is 10.0. The van der Waals surface area contributed by atoms with Crippen molar-refractivity contribution < 1.29 is 4.74 Å². The van der Waals surface area contributed by atoms with Crippen LogP contribution in [0.5, 0.6) is 0 Å². The molecule has 0 saturated carbocycles. The summed E-state index contributed by atoms with van der Waals surface area (Å²) in [5.41, 5.74) is 3.34. The van der Waals surface area contributed by atoms with Gasteiger partial charge >= 0.3 is 0 Å². The Morgan fingerprint density at radius 1 is 1.09 bits per heavy atom. The standard InChI is InChI=1S/C23H29N7OS/c1-29-19-2-8-24-14-18(19)26-22(29)15-3-9-30(10-4-15)23-27-17-7-13-32-20(17)21(28-23)25-16-5-11-31-12-6-16/h2,8,14-16H,3-7,9-13H2,1H3,(H,25,27,28). The predicted octanol–water partition coefficient (Wildman–Crippen LogP) is 3.38. The molecule has 168 valence electrons. The van der Waals surface area contributed by atoms with Gasteiger partial charge in [-0.25, -0.2) is 9.97 Å². The van der Waals surface area contributed by atoms with Crippen LogP contribution in [0.4, 0.5) is 11.8 Å². The highest BCUT2D eigenvalue weighted by atomic mass is 32.2. The van der Waals surface area contributed by atoms with Gasteiger partial charge in [0.1, 0.15) is 17.2 Å². The van der Waals surface area contributed by atoms with Gasteiger partial charge in [0, 0.05) is 63.7 Å². The molecule has 6 rings (SSSR count). The number of nitrogens with zero attached hydrogens (tertiary/aromatic N) is 6. The Morgan fingerprint density at radius 2 is 1.94 bits per heavy atom. The second kappa shape index (κ2) is 8.51. The Bertz CT molecular complexity index is 1120. The number of pyridine rings is 1. The molecule has 3 aromatic heterocycles. The molecule has 8 nitrogen and oxygen atoms in total. The number of aromatic nitrogens is 5. The first-order valence-electron chi connectivity index (χ1n) is 11.7. The van der Waals surface area contributed by atoms with Crippen molar-refractivity contribution in [1.29, 1.82) is 0 Å². The Morgan fingerprint density at radius 3 is 2.75 bits per heavy atom. The summed E-state index contributed by atoms with van der Waals surface area (Å²) in [4.78, 5) is 22.7. The minimum absolute atomic E-state index is 0.439. The Balaban J connectivity index is 1.20.